The second-order valence-electron chi connectivity index (χ2n) is 24.1. The number of quaternary nitrogens is 1. The molecule has 0 bridgehead atoms. The first-order valence-corrected chi connectivity index (χ1v) is 35.0. The Morgan fingerprint density at radius 1 is 0.356 bits per heavy atom. The van der Waals surface area contributed by atoms with Gasteiger partial charge in [-0.3, -0.25) is 9.59 Å². The molecule has 0 saturated heterocycles. The monoisotopic (exact) mass is 1210 g/mol. The van der Waals surface area contributed by atoms with Gasteiger partial charge in [0.1, 0.15) is 13.2 Å². The molecule has 87 heavy (non-hydrogen) atoms. The van der Waals surface area contributed by atoms with Crippen LogP contribution in [0.25, 0.3) is 0 Å². The Labute approximate surface area is 534 Å². The number of hydrogen-bond donors (Lipinski definition) is 1. The highest BCUT2D eigenvalue weighted by molar-refractivity contribution is 5.71. The quantitative estimate of drug-likeness (QED) is 0.0211. The molecule has 0 aliphatic heterocycles. The highest BCUT2D eigenvalue weighted by atomic mass is 16.7. The van der Waals surface area contributed by atoms with Crippen molar-refractivity contribution < 1.29 is 42.9 Å². The lowest BCUT2D eigenvalue weighted by molar-refractivity contribution is -0.870. The van der Waals surface area contributed by atoms with Gasteiger partial charge in [0.05, 0.1) is 34.4 Å². The minimum absolute atomic E-state index is 0.179. The van der Waals surface area contributed by atoms with Crippen molar-refractivity contribution in [2.24, 2.45) is 0 Å². The second kappa shape index (κ2) is 67.1. The normalized spacial score (nSPS) is 13.6. The van der Waals surface area contributed by atoms with E-state index in [1.54, 1.807) is 0 Å². The van der Waals surface area contributed by atoms with Crippen LogP contribution in [-0.4, -0.2) is 87.4 Å². The van der Waals surface area contributed by atoms with Crippen molar-refractivity contribution in [3.63, 3.8) is 0 Å². The molecule has 0 aromatic carbocycles. The summed E-state index contributed by atoms with van der Waals surface area (Å²) in [5.74, 6) is -2.03. The summed E-state index contributed by atoms with van der Waals surface area (Å²) in [5.41, 5.74) is 0. The number of aliphatic carboxylic acids is 1. The molecule has 2 unspecified atom stereocenters. The van der Waals surface area contributed by atoms with Crippen molar-refractivity contribution in [2.75, 3.05) is 47.5 Å². The number of hydrogen-bond acceptors (Lipinski definition) is 7. The molecule has 494 valence electrons. The molecular formula is C78H130NO8+. The topological polar surface area (TPSA) is 108 Å². The van der Waals surface area contributed by atoms with E-state index in [0.717, 1.165) is 122 Å². The van der Waals surface area contributed by atoms with Crippen LogP contribution in [0.3, 0.4) is 0 Å². The van der Waals surface area contributed by atoms with Crippen molar-refractivity contribution in [1.29, 1.82) is 0 Å². The number of rotatable bonds is 63. The largest absolute Gasteiger partial charge is 0.477 e. The van der Waals surface area contributed by atoms with Gasteiger partial charge in [0.15, 0.2) is 6.10 Å². The molecule has 0 heterocycles. The molecule has 0 rings (SSSR count). The van der Waals surface area contributed by atoms with Crippen LogP contribution >= 0.6 is 0 Å². The van der Waals surface area contributed by atoms with E-state index in [0.29, 0.717) is 17.4 Å². The number of carboxylic acid groups (broad SMARTS) is 1. The smallest absolute Gasteiger partial charge is 0.361 e. The summed E-state index contributed by atoms with van der Waals surface area (Å²) < 4.78 is 22.9. The number of carbonyl (C=O) groups is 3. The molecule has 0 radical (unpaired) electrons. The van der Waals surface area contributed by atoms with Gasteiger partial charge < -0.3 is 28.5 Å². The van der Waals surface area contributed by atoms with E-state index < -0.39 is 24.3 Å². The van der Waals surface area contributed by atoms with Crippen molar-refractivity contribution in [3.8, 4) is 0 Å². The molecular weight excluding hydrogens is 1080 g/mol. The van der Waals surface area contributed by atoms with Crippen LogP contribution in [0.5, 0.6) is 0 Å². The Morgan fingerprint density at radius 3 is 0.977 bits per heavy atom. The summed E-state index contributed by atoms with van der Waals surface area (Å²) in [6.45, 7) is 4.73. The van der Waals surface area contributed by atoms with Gasteiger partial charge in [0.25, 0.3) is 6.29 Å². The second-order valence-corrected chi connectivity index (χ2v) is 24.1. The molecule has 2 atom stereocenters. The van der Waals surface area contributed by atoms with Crippen LogP contribution in [0, 0.1) is 0 Å². The van der Waals surface area contributed by atoms with E-state index in [1.807, 2.05) is 21.1 Å². The number of carboxylic acids is 1. The number of likely N-dealkylation sites (N-methyl/N-ethyl adjacent to an activating group) is 1. The van der Waals surface area contributed by atoms with E-state index in [2.05, 4.69) is 160 Å². The third-order valence-corrected chi connectivity index (χ3v) is 14.6. The molecule has 0 aromatic heterocycles. The molecule has 0 fully saturated rings. The Balaban J connectivity index is 4.13. The molecule has 0 aromatic rings. The van der Waals surface area contributed by atoms with Crippen molar-refractivity contribution in [3.05, 3.63) is 146 Å². The standard InChI is InChI=1S/C78H129NO8/c1-6-8-10-12-14-16-18-20-22-24-26-28-29-30-31-32-33-34-35-36-37-38-39-40-41-42-43-44-45-46-47-49-51-53-55-57-59-61-63-65-67-69-76(81)87-74(73-86-78(77(82)83)84-71-70-79(3,4)5)72-85-75(80)68-66-64-62-60-58-56-54-52-50-48-27-25-23-21-19-17-15-13-11-9-7-2/h8,10,14,16,19-22,25-28,30-31,33-34,36-37,39-40,42-43,50,52,74,78H,6-7,9,11-13,15,17-18,23-24,29,32,35,38,41,44-49,51,53-73H2,1-5H3/p+1/b10-8-,16-14-,21-19-,22-20-,27-25-,28-26-,31-30-,34-33-,37-36-,40-39-,43-42-,52-50-. The molecule has 0 aliphatic carbocycles. The number of nitrogens with zero attached hydrogens (tertiary/aromatic N) is 1. The summed E-state index contributed by atoms with van der Waals surface area (Å²) in [6.07, 6.45) is 95.2. The van der Waals surface area contributed by atoms with Crippen LogP contribution in [0.4, 0.5) is 0 Å². The SMILES string of the molecule is CC/C=C\C/C=C\C/C=C\C/C=C\C/C=C\C/C=C\C/C=C\C/C=C\C/C=C\CCCCCCCCCCCCCCCC(=O)OC(COC(=O)CCCCCCCC/C=C\C/C=C\C/C=C\CCCCCCC)COC(OCC[N+](C)(C)C)C(=O)O. The maximum Gasteiger partial charge on any atom is 0.361 e. The zero-order valence-electron chi connectivity index (χ0n) is 56.4. The fourth-order valence-corrected chi connectivity index (χ4v) is 9.25. The number of ether oxygens (including phenoxy) is 4. The lowest BCUT2D eigenvalue weighted by Crippen LogP contribution is -2.40. The van der Waals surface area contributed by atoms with Gasteiger partial charge in [-0.15, -0.1) is 0 Å². The Bertz CT molecular complexity index is 1940. The summed E-state index contributed by atoms with van der Waals surface area (Å²) in [7, 11) is 5.96. The Kier molecular flexibility index (Phi) is 63.4. The van der Waals surface area contributed by atoms with E-state index in [4.69, 9.17) is 18.9 Å². The van der Waals surface area contributed by atoms with E-state index in [9.17, 15) is 19.5 Å². The van der Waals surface area contributed by atoms with Crippen LogP contribution in [0.2, 0.25) is 0 Å². The van der Waals surface area contributed by atoms with E-state index in [-0.39, 0.29) is 38.6 Å². The third-order valence-electron chi connectivity index (χ3n) is 14.6. The Morgan fingerprint density at radius 2 is 0.655 bits per heavy atom. The zero-order valence-corrected chi connectivity index (χ0v) is 56.4. The summed E-state index contributed by atoms with van der Waals surface area (Å²) in [5, 5.41) is 9.74. The minimum atomic E-state index is -1.52. The van der Waals surface area contributed by atoms with Gasteiger partial charge in [-0.25, -0.2) is 4.79 Å². The lowest BCUT2D eigenvalue weighted by Gasteiger charge is -2.25. The predicted octanol–water partition coefficient (Wildman–Crippen LogP) is 21.9. The first kappa shape index (κ1) is 82.2. The van der Waals surface area contributed by atoms with Gasteiger partial charge in [0.2, 0.25) is 0 Å². The molecule has 0 aliphatic rings. The zero-order chi connectivity index (χ0) is 63.3. The highest BCUT2D eigenvalue weighted by Crippen LogP contribution is 2.16. The predicted molar refractivity (Wildman–Crippen MR) is 373 cm³/mol. The summed E-state index contributed by atoms with van der Waals surface area (Å²) in [4.78, 5) is 37.6. The fourth-order valence-electron chi connectivity index (χ4n) is 9.25. The van der Waals surface area contributed by atoms with Crippen molar-refractivity contribution in [1.82, 2.24) is 0 Å². The van der Waals surface area contributed by atoms with Crippen molar-refractivity contribution in [2.45, 2.75) is 283 Å². The minimum Gasteiger partial charge on any atom is -0.477 e. The van der Waals surface area contributed by atoms with Crippen LogP contribution < -0.4 is 0 Å². The average molecular weight is 1210 g/mol. The van der Waals surface area contributed by atoms with Crippen LogP contribution in [0.1, 0.15) is 271 Å². The van der Waals surface area contributed by atoms with E-state index in [1.165, 1.54) is 116 Å². The molecule has 1 N–H and O–H groups in total. The molecule has 0 spiro atoms. The highest BCUT2D eigenvalue weighted by Gasteiger charge is 2.25. The Hall–Kier alpha value is -4.83. The maximum atomic E-state index is 12.9. The third kappa shape index (κ3) is 68.5. The maximum absolute atomic E-state index is 12.9. The lowest BCUT2D eigenvalue weighted by atomic mass is 10.0. The van der Waals surface area contributed by atoms with Crippen molar-refractivity contribution >= 4 is 17.9 Å². The number of allylic oxidation sites excluding steroid dienone is 24. The van der Waals surface area contributed by atoms with Gasteiger partial charge >= 0.3 is 17.9 Å². The first-order valence-electron chi connectivity index (χ1n) is 35.0. The molecule has 9 nitrogen and oxygen atoms in total. The number of unbranched alkanes of at least 4 members (excludes halogenated alkanes) is 24. The van der Waals surface area contributed by atoms with E-state index >= 15 is 0 Å². The van der Waals surface area contributed by atoms with Gasteiger partial charge in [-0.1, -0.05) is 282 Å². The average Bonchev–Trinajstić information content (AvgIpc) is 3.59. The fraction of sp³-hybridized carbons (Fsp3) is 0.654. The molecule has 0 amide bonds. The van der Waals surface area contributed by atoms with Crippen LogP contribution in [-0.2, 0) is 33.3 Å². The first-order chi connectivity index (χ1) is 42.6. The number of carbonyl (C=O) groups excluding carboxylic acids is 2. The number of esters is 2. The molecule has 9 heteroatoms. The van der Waals surface area contributed by atoms with Gasteiger partial charge in [0, 0.05) is 12.8 Å². The molecule has 0 saturated carbocycles. The van der Waals surface area contributed by atoms with Gasteiger partial charge in [-0.2, -0.15) is 0 Å². The summed E-state index contributed by atoms with van der Waals surface area (Å²) >= 11 is 0. The summed E-state index contributed by atoms with van der Waals surface area (Å²) in [6, 6.07) is 0. The van der Waals surface area contributed by atoms with Crippen LogP contribution in [0.15, 0.2) is 146 Å². The van der Waals surface area contributed by atoms with Gasteiger partial charge in [-0.05, 0) is 122 Å².